The molecule has 1 aromatic carbocycles. The summed E-state index contributed by atoms with van der Waals surface area (Å²) in [4.78, 5) is 0. The van der Waals surface area contributed by atoms with E-state index in [4.69, 9.17) is 10.5 Å². The first-order chi connectivity index (χ1) is 7.31. The second-order valence-electron chi connectivity index (χ2n) is 6.13. The van der Waals surface area contributed by atoms with Crippen LogP contribution in [0, 0.1) is 16.9 Å². The van der Waals surface area contributed by atoms with E-state index in [1.807, 2.05) is 18.2 Å². The number of hydrogen-bond acceptors (Lipinski definition) is 2. The molecule has 0 bridgehead atoms. The van der Waals surface area contributed by atoms with Crippen LogP contribution in [0.5, 0.6) is 5.75 Å². The van der Waals surface area contributed by atoms with Crippen molar-refractivity contribution >= 4 is 5.69 Å². The maximum absolute atomic E-state index is 6.06. The summed E-state index contributed by atoms with van der Waals surface area (Å²) < 4.78 is 6.06. The van der Waals surface area contributed by atoms with Crippen LogP contribution in [-0.4, -0.2) is 6.10 Å². The molecule has 3 heteroatoms. The summed E-state index contributed by atoms with van der Waals surface area (Å²) in [6.07, 6.45) is 1.45. The minimum absolute atomic E-state index is 0. The van der Waals surface area contributed by atoms with Gasteiger partial charge in [-0.15, -0.1) is 12.1 Å². The summed E-state index contributed by atoms with van der Waals surface area (Å²) in [6.45, 7) is 9.01. The molecule has 1 fully saturated rings. The summed E-state index contributed by atoms with van der Waals surface area (Å²) in [6, 6.07) is 8.48. The number of hydrogen-bond donors (Lipinski definition) is 1. The predicted octanol–water partition coefficient (Wildman–Crippen LogP) is 3.27. The number of anilines is 1. The quantitative estimate of drug-likeness (QED) is 0.514. The molecule has 90 valence electrons. The smallest absolute Gasteiger partial charge is 0.106 e. The Morgan fingerprint density at radius 2 is 1.88 bits per heavy atom. The van der Waals surface area contributed by atoms with Crippen LogP contribution < -0.4 is 10.5 Å². The molecule has 17 heavy (non-hydrogen) atoms. The van der Waals surface area contributed by atoms with E-state index in [1.54, 1.807) is 0 Å². The summed E-state index contributed by atoms with van der Waals surface area (Å²) in [5, 5.41) is 0. The molecule has 1 aromatic rings. The molecule has 0 saturated heterocycles. The molecular formula is C14H20NOZn-. The van der Waals surface area contributed by atoms with E-state index in [9.17, 15) is 0 Å². The molecule has 0 spiro atoms. The van der Waals surface area contributed by atoms with Gasteiger partial charge in [-0.2, -0.15) is 12.1 Å². The van der Waals surface area contributed by atoms with Crippen molar-refractivity contribution < 1.29 is 24.2 Å². The van der Waals surface area contributed by atoms with E-state index in [1.165, 1.54) is 6.42 Å². The number of nitrogen functional groups attached to an aromatic ring is 1. The minimum atomic E-state index is 0. The third-order valence-electron chi connectivity index (χ3n) is 3.38. The summed E-state index contributed by atoms with van der Waals surface area (Å²) in [5.74, 6) is 0.849. The maximum atomic E-state index is 6.06. The van der Waals surface area contributed by atoms with Crippen molar-refractivity contribution in [1.82, 2.24) is 0 Å². The Morgan fingerprint density at radius 3 is 2.35 bits per heavy atom. The van der Waals surface area contributed by atoms with Crippen LogP contribution in [-0.2, 0) is 19.5 Å². The first-order valence-corrected chi connectivity index (χ1v) is 5.75. The molecule has 1 aliphatic carbocycles. The number of rotatable bonds is 2. The van der Waals surface area contributed by atoms with Crippen LogP contribution in [0.25, 0.3) is 0 Å². The van der Waals surface area contributed by atoms with Gasteiger partial charge in [0.1, 0.15) is 6.10 Å². The van der Waals surface area contributed by atoms with Crippen molar-refractivity contribution in [1.29, 1.82) is 0 Å². The summed E-state index contributed by atoms with van der Waals surface area (Å²) in [5.41, 5.74) is 6.82. The number of benzene rings is 1. The average Bonchev–Trinajstić information content (AvgIpc) is 2.12. The van der Waals surface area contributed by atoms with E-state index >= 15 is 0 Å². The van der Waals surface area contributed by atoms with Gasteiger partial charge in [0.2, 0.25) is 0 Å². The van der Waals surface area contributed by atoms with E-state index < -0.39 is 0 Å². The minimum Gasteiger partial charge on any atom is -0.515 e. The van der Waals surface area contributed by atoms with Crippen molar-refractivity contribution in [2.24, 2.45) is 10.8 Å². The Labute approximate surface area is 117 Å². The van der Waals surface area contributed by atoms with Gasteiger partial charge >= 0.3 is 0 Å². The van der Waals surface area contributed by atoms with E-state index in [0.717, 1.165) is 5.75 Å². The molecule has 0 aromatic heterocycles. The van der Waals surface area contributed by atoms with Crippen molar-refractivity contribution in [3.8, 4) is 5.75 Å². The van der Waals surface area contributed by atoms with Gasteiger partial charge in [-0.25, -0.2) is 0 Å². The fraction of sp³-hybridized carbons (Fsp3) is 0.571. The standard InChI is InChI=1S/C14H20NO.Zn/c1-13(2)9-14(3,4)12(13)16-11-7-5-6-10(15)8-11;/h5,7-8,12H,9,15H2,1-4H3;/q-1;. The van der Waals surface area contributed by atoms with Crippen LogP contribution in [0.3, 0.4) is 0 Å². The third kappa shape index (κ3) is 2.82. The fourth-order valence-electron chi connectivity index (χ4n) is 3.28. The number of nitrogens with two attached hydrogens (primary N) is 1. The van der Waals surface area contributed by atoms with E-state index in [0.29, 0.717) is 5.69 Å². The fourth-order valence-corrected chi connectivity index (χ4v) is 3.28. The molecule has 0 radical (unpaired) electrons. The Bertz CT molecular complexity index is 387. The van der Waals surface area contributed by atoms with Crippen LogP contribution in [0.1, 0.15) is 34.1 Å². The molecule has 2 nitrogen and oxygen atoms in total. The molecule has 2 N–H and O–H groups in total. The van der Waals surface area contributed by atoms with Gasteiger partial charge in [0, 0.05) is 36.1 Å². The van der Waals surface area contributed by atoms with Gasteiger partial charge in [-0.05, 0) is 6.42 Å². The van der Waals surface area contributed by atoms with Crippen molar-refractivity contribution in [2.75, 3.05) is 5.73 Å². The summed E-state index contributed by atoms with van der Waals surface area (Å²) >= 11 is 0. The molecule has 1 aliphatic rings. The van der Waals surface area contributed by atoms with Crippen molar-refractivity contribution in [3.05, 3.63) is 24.3 Å². The Kier molecular flexibility index (Phi) is 3.93. The Hall–Kier alpha value is -0.557. The molecular weight excluding hydrogens is 264 g/mol. The van der Waals surface area contributed by atoms with Crippen LogP contribution in [0.4, 0.5) is 5.69 Å². The average molecular weight is 284 g/mol. The van der Waals surface area contributed by atoms with E-state index in [2.05, 4.69) is 33.8 Å². The van der Waals surface area contributed by atoms with Gasteiger partial charge in [-0.3, -0.25) is 0 Å². The maximum Gasteiger partial charge on any atom is 0.106 e. The first-order valence-electron chi connectivity index (χ1n) is 5.75. The second kappa shape index (κ2) is 4.61. The van der Waals surface area contributed by atoms with Gasteiger partial charge in [-0.1, -0.05) is 33.4 Å². The zero-order chi connectivity index (χ0) is 12.0. The molecule has 0 aliphatic heterocycles. The summed E-state index contributed by atoms with van der Waals surface area (Å²) in [7, 11) is 0. The SMILES string of the molecule is CC1(C)CC(C)(C)C1Oc1cc[c-]c(N)c1.[Zn]. The molecule has 0 atom stereocenters. The first kappa shape index (κ1) is 14.5. The Morgan fingerprint density at radius 1 is 1.29 bits per heavy atom. The largest absolute Gasteiger partial charge is 0.515 e. The molecule has 0 unspecified atom stereocenters. The second-order valence-corrected chi connectivity index (χ2v) is 6.13. The van der Waals surface area contributed by atoms with Gasteiger partial charge in [0.25, 0.3) is 0 Å². The third-order valence-corrected chi connectivity index (χ3v) is 3.38. The van der Waals surface area contributed by atoms with Crippen molar-refractivity contribution in [2.45, 2.75) is 40.2 Å². The van der Waals surface area contributed by atoms with Crippen LogP contribution in [0.15, 0.2) is 18.2 Å². The monoisotopic (exact) mass is 282 g/mol. The predicted molar refractivity (Wildman–Crippen MR) is 66.3 cm³/mol. The molecule has 0 amide bonds. The molecule has 1 saturated carbocycles. The molecule has 2 rings (SSSR count). The van der Waals surface area contributed by atoms with Gasteiger partial charge in [0.05, 0.1) is 0 Å². The molecule has 0 heterocycles. The van der Waals surface area contributed by atoms with Crippen LogP contribution in [0.2, 0.25) is 0 Å². The van der Waals surface area contributed by atoms with Gasteiger partial charge in [0.15, 0.2) is 0 Å². The zero-order valence-corrected chi connectivity index (χ0v) is 14.2. The zero-order valence-electron chi connectivity index (χ0n) is 11.2. The van der Waals surface area contributed by atoms with Crippen molar-refractivity contribution in [3.63, 3.8) is 0 Å². The van der Waals surface area contributed by atoms with E-state index in [-0.39, 0.29) is 36.4 Å². The Balaban J connectivity index is 0.00000144. The number of ether oxygens (including phenoxy) is 1. The van der Waals surface area contributed by atoms with Crippen LogP contribution >= 0.6 is 0 Å². The topological polar surface area (TPSA) is 35.2 Å². The normalized spacial score (nSPS) is 21.2. The van der Waals surface area contributed by atoms with Gasteiger partial charge < -0.3 is 10.5 Å².